The molecule has 0 atom stereocenters. The Bertz CT molecular complexity index is 45.7. The van der Waals surface area contributed by atoms with E-state index in [2.05, 4.69) is 5.32 Å². The van der Waals surface area contributed by atoms with Gasteiger partial charge in [0.25, 0.3) is 0 Å². The summed E-state index contributed by atoms with van der Waals surface area (Å²) in [5, 5.41) is 2.88. The van der Waals surface area contributed by atoms with Crippen molar-refractivity contribution in [2.75, 3.05) is 27.8 Å². The van der Waals surface area contributed by atoms with E-state index < -0.39 is 0 Å². The first-order valence-corrected chi connectivity index (χ1v) is 2.43. The zero-order chi connectivity index (χ0) is 6.41. The molecule has 0 fully saturated rings. The Balaban J connectivity index is 3.07. The van der Waals surface area contributed by atoms with Crippen molar-refractivity contribution in [3.8, 4) is 0 Å². The summed E-state index contributed by atoms with van der Waals surface area (Å²) >= 11 is 0. The van der Waals surface area contributed by atoms with E-state index in [0.717, 1.165) is 0 Å². The fourth-order valence-corrected chi connectivity index (χ4v) is 0.372. The first kappa shape index (κ1) is 7.88. The minimum absolute atomic E-state index is 0.604. The molecule has 49 valence electrons. The maximum Gasteiger partial charge on any atom is 0.237 e. The van der Waals surface area contributed by atoms with Crippen molar-refractivity contribution in [2.24, 2.45) is 0 Å². The van der Waals surface area contributed by atoms with Gasteiger partial charge in [-0.15, -0.1) is 0 Å². The summed E-state index contributed by atoms with van der Waals surface area (Å²) in [6.45, 7) is 0.646. The molecule has 0 aromatic carbocycles. The second-order valence-electron chi connectivity index (χ2n) is 1.31. The fraction of sp³-hybridized carbons (Fsp3) is 0.800. The van der Waals surface area contributed by atoms with Crippen molar-refractivity contribution in [1.82, 2.24) is 5.32 Å². The molecule has 0 aliphatic rings. The van der Waals surface area contributed by atoms with E-state index in [-0.39, 0.29) is 0 Å². The maximum atomic E-state index is 4.77. The molecule has 0 saturated carbocycles. The Kier molecular flexibility index (Phi) is 4.95. The van der Waals surface area contributed by atoms with E-state index >= 15 is 0 Å². The van der Waals surface area contributed by atoms with Gasteiger partial charge in [0.15, 0.2) is 0 Å². The van der Waals surface area contributed by atoms with Gasteiger partial charge in [0, 0.05) is 14.2 Å². The number of hydrogen-bond acceptors (Lipinski definition) is 3. The molecule has 0 amide bonds. The van der Waals surface area contributed by atoms with Gasteiger partial charge in [0.05, 0.1) is 6.54 Å². The lowest BCUT2D eigenvalue weighted by molar-refractivity contribution is 0.00400. The Hall–Kier alpha value is -0.120. The van der Waals surface area contributed by atoms with Crippen molar-refractivity contribution in [2.45, 2.75) is 0 Å². The molecule has 1 N–H and O–H groups in total. The third-order valence-electron chi connectivity index (χ3n) is 0.776. The second kappa shape index (κ2) is 5.03. The number of ether oxygens (including phenoxy) is 2. The third kappa shape index (κ3) is 2.96. The topological polar surface area (TPSA) is 30.5 Å². The van der Waals surface area contributed by atoms with Crippen LogP contribution in [0.25, 0.3) is 0 Å². The maximum absolute atomic E-state index is 4.77. The Morgan fingerprint density at radius 1 is 1.38 bits per heavy atom. The molecule has 0 bridgehead atoms. The van der Waals surface area contributed by atoms with E-state index in [9.17, 15) is 0 Å². The molecule has 0 rings (SSSR count). The van der Waals surface area contributed by atoms with E-state index in [1.54, 1.807) is 14.2 Å². The Morgan fingerprint density at radius 2 is 1.88 bits per heavy atom. The summed E-state index contributed by atoms with van der Waals surface area (Å²) in [6, 6.07) is 0. The Labute approximate surface area is 50.0 Å². The van der Waals surface area contributed by atoms with Crippen LogP contribution in [0.5, 0.6) is 0 Å². The number of likely N-dealkylation sites (N-methyl/N-ethyl adjacent to an activating group) is 1. The van der Waals surface area contributed by atoms with Gasteiger partial charge in [-0.3, -0.25) is 0 Å². The largest absolute Gasteiger partial charge is 0.348 e. The van der Waals surface area contributed by atoms with Crippen molar-refractivity contribution in [3.63, 3.8) is 0 Å². The van der Waals surface area contributed by atoms with Gasteiger partial charge < -0.3 is 14.8 Å². The van der Waals surface area contributed by atoms with Gasteiger partial charge in [-0.25, -0.2) is 0 Å². The number of methoxy groups -OCH3 is 2. The molecule has 3 heteroatoms. The summed E-state index contributed by atoms with van der Waals surface area (Å²) in [5.74, 6) is 0. The highest BCUT2D eigenvalue weighted by atomic mass is 16.7. The molecule has 8 heavy (non-hydrogen) atoms. The van der Waals surface area contributed by atoms with Crippen LogP contribution in [-0.4, -0.2) is 27.8 Å². The predicted octanol–water partition coefficient (Wildman–Crippen LogP) is -0.0119. The lowest BCUT2D eigenvalue weighted by Crippen LogP contribution is -2.19. The van der Waals surface area contributed by atoms with Crippen molar-refractivity contribution in [3.05, 3.63) is 6.29 Å². The zero-order valence-corrected chi connectivity index (χ0v) is 5.52. The van der Waals surface area contributed by atoms with Gasteiger partial charge in [-0.2, -0.15) is 0 Å². The highest BCUT2D eigenvalue weighted by Gasteiger charge is 2.02. The molecule has 0 aliphatic carbocycles. The summed E-state index contributed by atoms with van der Waals surface area (Å²) in [5.41, 5.74) is 0. The van der Waals surface area contributed by atoms with Crippen LogP contribution < -0.4 is 5.32 Å². The fourth-order valence-electron chi connectivity index (χ4n) is 0.372. The van der Waals surface area contributed by atoms with Gasteiger partial charge in [-0.1, -0.05) is 0 Å². The summed E-state index contributed by atoms with van der Waals surface area (Å²) in [6.07, 6.45) is 0.604. The lowest BCUT2D eigenvalue weighted by atomic mass is 10.6. The van der Waals surface area contributed by atoms with Crippen molar-refractivity contribution < 1.29 is 9.47 Å². The highest BCUT2D eigenvalue weighted by Crippen LogP contribution is 1.96. The van der Waals surface area contributed by atoms with E-state index in [1.165, 1.54) is 0 Å². The highest BCUT2D eigenvalue weighted by molar-refractivity contribution is 4.64. The van der Waals surface area contributed by atoms with E-state index in [1.807, 2.05) is 7.05 Å². The zero-order valence-electron chi connectivity index (χ0n) is 5.52. The van der Waals surface area contributed by atoms with Gasteiger partial charge in [-0.05, 0) is 7.05 Å². The van der Waals surface area contributed by atoms with Gasteiger partial charge in [0.1, 0.15) is 0 Å². The SMILES string of the molecule is CNC[C](OC)OC. The van der Waals surface area contributed by atoms with Crippen LogP contribution >= 0.6 is 0 Å². The summed E-state index contributed by atoms with van der Waals surface area (Å²) in [7, 11) is 4.99. The molecule has 0 unspecified atom stereocenters. The molecule has 0 saturated heterocycles. The quantitative estimate of drug-likeness (QED) is 0.563. The average molecular weight is 118 g/mol. The van der Waals surface area contributed by atoms with Gasteiger partial charge >= 0.3 is 0 Å². The Morgan fingerprint density at radius 3 is 2.00 bits per heavy atom. The van der Waals surface area contributed by atoms with Crippen molar-refractivity contribution >= 4 is 0 Å². The number of rotatable bonds is 4. The normalized spacial score (nSPS) is 10.5. The molecular formula is C5H12NO2. The number of hydrogen-bond donors (Lipinski definition) is 1. The van der Waals surface area contributed by atoms with E-state index in [0.29, 0.717) is 12.8 Å². The van der Waals surface area contributed by atoms with Crippen LogP contribution in [0.1, 0.15) is 0 Å². The molecule has 3 nitrogen and oxygen atoms in total. The minimum Gasteiger partial charge on any atom is -0.348 e. The minimum atomic E-state index is 0.604. The predicted molar refractivity (Wildman–Crippen MR) is 31.2 cm³/mol. The standard InChI is InChI=1S/C5H12NO2/c1-6-4-5(7-2)8-3/h6H,4H2,1-3H3. The van der Waals surface area contributed by atoms with Gasteiger partial charge in [0.2, 0.25) is 6.29 Å². The van der Waals surface area contributed by atoms with Crippen LogP contribution in [0.2, 0.25) is 0 Å². The van der Waals surface area contributed by atoms with Crippen LogP contribution in [-0.2, 0) is 9.47 Å². The summed E-state index contributed by atoms with van der Waals surface area (Å²) < 4.78 is 9.54. The first-order valence-electron chi connectivity index (χ1n) is 2.43. The molecule has 0 aliphatic heterocycles. The second-order valence-corrected chi connectivity index (χ2v) is 1.31. The molecule has 0 heterocycles. The van der Waals surface area contributed by atoms with Crippen LogP contribution in [0, 0.1) is 6.29 Å². The van der Waals surface area contributed by atoms with Crippen LogP contribution in [0.4, 0.5) is 0 Å². The molecule has 0 aromatic heterocycles. The molecular weight excluding hydrogens is 106 g/mol. The monoisotopic (exact) mass is 118 g/mol. The van der Waals surface area contributed by atoms with Crippen LogP contribution in [0.15, 0.2) is 0 Å². The third-order valence-corrected chi connectivity index (χ3v) is 0.776. The molecule has 0 spiro atoms. The average Bonchev–Trinajstić information content (AvgIpc) is 1.83. The van der Waals surface area contributed by atoms with Crippen molar-refractivity contribution in [1.29, 1.82) is 0 Å². The molecule has 0 aromatic rings. The van der Waals surface area contributed by atoms with Crippen LogP contribution in [0.3, 0.4) is 0 Å². The number of nitrogens with one attached hydrogen (secondary N) is 1. The lowest BCUT2D eigenvalue weighted by Gasteiger charge is -2.08. The smallest absolute Gasteiger partial charge is 0.237 e. The summed E-state index contributed by atoms with van der Waals surface area (Å²) in [4.78, 5) is 0. The van der Waals surface area contributed by atoms with E-state index in [4.69, 9.17) is 9.47 Å². The molecule has 1 radical (unpaired) electrons. The first-order chi connectivity index (χ1) is 3.85.